The van der Waals surface area contributed by atoms with Gasteiger partial charge in [0.1, 0.15) is 0 Å². The molecule has 172 valence electrons. The second-order valence-electron chi connectivity index (χ2n) is 11.4. The second-order valence-corrected chi connectivity index (χ2v) is 13.8. The summed E-state index contributed by atoms with van der Waals surface area (Å²) < 4.78 is 24.2. The lowest BCUT2D eigenvalue weighted by molar-refractivity contribution is -0.136. The highest BCUT2D eigenvalue weighted by Gasteiger charge is 2.55. The smallest absolute Gasteiger partial charge is 0.254 e. The Hall–Kier alpha value is -1.74. The summed E-state index contributed by atoms with van der Waals surface area (Å²) >= 11 is 0. The molecule has 2 N–H and O–H groups in total. The van der Waals surface area contributed by atoms with E-state index in [0.717, 1.165) is 50.6 Å². The van der Waals surface area contributed by atoms with Crippen LogP contribution in [0.15, 0.2) is 6.20 Å². The van der Waals surface area contributed by atoms with Crippen molar-refractivity contribution in [2.75, 3.05) is 17.2 Å². The SMILES string of the molecule is O=C(N[C@H]1C2CC3CC1C[C@@](O)(C3)C2)c1cnc(N2CC3CC2CS3(=O)=O)nc1C1CC1. The molecule has 8 rings (SSSR count). The fourth-order valence-corrected chi connectivity index (χ4v) is 9.78. The first-order chi connectivity index (χ1) is 15.3. The average molecular weight is 459 g/mol. The van der Waals surface area contributed by atoms with Crippen molar-refractivity contribution in [1.82, 2.24) is 15.3 Å². The first-order valence-corrected chi connectivity index (χ1v) is 13.9. The molecule has 7 aliphatic rings. The average Bonchev–Trinajstić information content (AvgIpc) is 3.42. The molecule has 9 heteroatoms. The van der Waals surface area contributed by atoms with Gasteiger partial charge in [0.05, 0.1) is 27.9 Å². The molecule has 6 bridgehead atoms. The molecule has 4 unspecified atom stereocenters. The van der Waals surface area contributed by atoms with Gasteiger partial charge in [0, 0.05) is 30.7 Å². The van der Waals surface area contributed by atoms with E-state index in [4.69, 9.17) is 4.98 Å². The van der Waals surface area contributed by atoms with Crippen molar-refractivity contribution in [2.45, 2.75) is 80.2 Å². The number of carbonyl (C=O) groups is 1. The maximum Gasteiger partial charge on any atom is 0.254 e. The van der Waals surface area contributed by atoms with E-state index in [0.29, 0.717) is 48.1 Å². The van der Waals surface area contributed by atoms with Gasteiger partial charge in [0.2, 0.25) is 5.95 Å². The number of nitrogens with zero attached hydrogens (tertiary/aromatic N) is 3. The largest absolute Gasteiger partial charge is 0.390 e. The van der Waals surface area contributed by atoms with Gasteiger partial charge in [-0.1, -0.05) is 0 Å². The summed E-state index contributed by atoms with van der Waals surface area (Å²) in [6, 6.07) is 0.0844. The number of hydrogen-bond donors (Lipinski definition) is 2. The van der Waals surface area contributed by atoms with E-state index < -0.39 is 15.4 Å². The number of anilines is 1. The van der Waals surface area contributed by atoms with Crippen LogP contribution in [0.2, 0.25) is 0 Å². The summed E-state index contributed by atoms with van der Waals surface area (Å²) in [4.78, 5) is 24.7. The Labute approximate surface area is 188 Å². The lowest BCUT2D eigenvalue weighted by Gasteiger charge is -2.58. The number of nitrogens with one attached hydrogen (secondary N) is 1. The lowest BCUT2D eigenvalue weighted by Crippen LogP contribution is -2.61. The van der Waals surface area contributed by atoms with Crippen molar-refractivity contribution in [1.29, 1.82) is 0 Å². The topological polar surface area (TPSA) is 112 Å². The zero-order valence-electron chi connectivity index (χ0n) is 18.1. The molecule has 0 aromatic carbocycles. The Bertz CT molecular complexity index is 1090. The van der Waals surface area contributed by atoms with Gasteiger partial charge in [-0.05, 0) is 69.1 Å². The molecule has 4 atom stereocenters. The number of fused-ring (bicyclic) bond motifs is 2. The Morgan fingerprint density at radius 3 is 2.50 bits per heavy atom. The number of amides is 1. The van der Waals surface area contributed by atoms with E-state index in [-0.39, 0.29) is 29.0 Å². The summed E-state index contributed by atoms with van der Waals surface area (Å²) in [6.45, 7) is 0.457. The molecule has 2 saturated heterocycles. The normalized spacial score (nSPS) is 43.1. The maximum atomic E-state index is 13.4. The minimum absolute atomic E-state index is 0.0458. The molecular formula is C23H30N4O4S. The fourth-order valence-electron chi connectivity index (χ4n) is 7.75. The minimum atomic E-state index is -2.97. The van der Waals surface area contributed by atoms with E-state index in [1.165, 1.54) is 0 Å². The molecule has 0 spiro atoms. The van der Waals surface area contributed by atoms with Crippen molar-refractivity contribution in [3.8, 4) is 0 Å². The van der Waals surface area contributed by atoms with Gasteiger partial charge in [0.25, 0.3) is 5.91 Å². The van der Waals surface area contributed by atoms with Crippen LogP contribution >= 0.6 is 0 Å². The van der Waals surface area contributed by atoms with Gasteiger partial charge in [-0.15, -0.1) is 0 Å². The molecule has 8 nitrogen and oxygen atoms in total. The number of sulfone groups is 1. The van der Waals surface area contributed by atoms with Crippen LogP contribution in [0.25, 0.3) is 0 Å². The first kappa shape index (κ1) is 19.7. The third-order valence-corrected chi connectivity index (χ3v) is 11.3. The number of aromatic nitrogens is 2. The van der Waals surface area contributed by atoms with Gasteiger partial charge < -0.3 is 15.3 Å². The summed E-state index contributed by atoms with van der Waals surface area (Å²) in [5.74, 6) is 2.29. The molecular weight excluding hydrogens is 428 g/mol. The lowest BCUT2D eigenvalue weighted by atomic mass is 9.52. The van der Waals surface area contributed by atoms with Crippen molar-refractivity contribution in [2.24, 2.45) is 17.8 Å². The standard InChI is InChI=1S/C23H30N4O4S/c28-21(25-19-14-3-12-4-15(19)8-23(29,6-12)7-14)18-9-24-22(26-20(18)13-1-2-13)27-10-17-5-16(27)11-32(17,30)31/h9,12-17,19,29H,1-8,10-11H2,(H,25,28)/t12?,14?,15?,16?,17?,19-,23+. The number of rotatable bonds is 4. The van der Waals surface area contributed by atoms with E-state index in [1.54, 1.807) is 6.20 Å². The third kappa shape index (κ3) is 2.96. The quantitative estimate of drug-likeness (QED) is 0.701. The molecule has 2 aliphatic heterocycles. The van der Waals surface area contributed by atoms with Crippen LogP contribution in [0, 0.1) is 17.8 Å². The fraction of sp³-hybridized carbons (Fsp3) is 0.783. The molecule has 7 fully saturated rings. The van der Waals surface area contributed by atoms with Crippen LogP contribution in [-0.4, -0.2) is 64.6 Å². The molecule has 1 amide bonds. The van der Waals surface area contributed by atoms with Crippen LogP contribution in [0.5, 0.6) is 0 Å². The van der Waals surface area contributed by atoms with E-state index in [1.807, 2.05) is 4.90 Å². The van der Waals surface area contributed by atoms with E-state index in [9.17, 15) is 18.3 Å². The Kier molecular flexibility index (Phi) is 3.96. The third-order valence-electron chi connectivity index (χ3n) is 9.12. The molecule has 5 saturated carbocycles. The summed E-state index contributed by atoms with van der Waals surface area (Å²) in [5, 5.41) is 13.8. The first-order valence-electron chi connectivity index (χ1n) is 12.2. The molecule has 32 heavy (non-hydrogen) atoms. The molecule has 1 aromatic heterocycles. The highest BCUT2D eigenvalue weighted by molar-refractivity contribution is 7.92. The predicted molar refractivity (Wildman–Crippen MR) is 117 cm³/mol. The monoisotopic (exact) mass is 458 g/mol. The van der Waals surface area contributed by atoms with Gasteiger partial charge in [-0.25, -0.2) is 18.4 Å². The van der Waals surface area contributed by atoms with Crippen LogP contribution in [0.1, 0.15) is 73.3 Å². The van der Waals surface area contributed by atoms with E-state index >= 15 is 0 Å². The zero-order chi connectivity index (χ0) is 21.8. The summed E-state index contributed by atoms with van der Waals surface area (Å²) in [5.41, 5.74) is 0.880. The van der Waals surface area contributed by atoms with Gasteiger partial charge in [0.15, 0.2) is 9.84 Å². The Balaban J connectivity index is 1.13. The predicted octanol–water partition coefficient (Wildman–Crippen LogP) is 1.40. The van der Waals surface area contributed by atoms with Crippen LogP contribution < -0.4 is 10.2 Å². The second kappa shape index (κ2) is 6.44. The van der Waals surface area contributed by atoms with E-state index in [2.05, 4.69) is 10.3 Å². The van der Waals surface area contributed by atoms with Crippen molar-refractivity contribution >= 4 is 21.7 Å². The maximum absolute atomic E-state index is 13.4. The summed E-state index contributed by atoms with van der Waals surface area (Å²) in [6.07, 6.45) is 9.12. The van der Waals surface area contributed by atoms with Crippen molar-refractivity contribution < 1.29 is 18.3 Å². The van der Waals surface area contributed by atoms with Crippen LogP contribution in [-0.2, 0) is 9.84 Å². The van der Waals surface area contributed by atoms with Gasteiger partial charge in [-0.3, -0.25) is 4.79 Å². The summed E-state index contributed by atoms with van der Waals surface area (Å²) in [7, 11) is -2.97. The number of aliphatic hydroxyl groups is 1. The Morgan fingerprint density at radius 2 is 1.91 bits per heavy atom. The zero-order valence-corrected chi connectivity index (χ0v) is 18.9. The van der Waals surface area contributed by atoms with Gasteiger partial charge >= 0.3 is 0 Å². The minimum Gasteiger partial charge on any atom is -0.390 e. The molecule has 0 radical (unpaired) electrons. The van der Waals surface area contributed by atoms with Crippen molar-refractivity contribution in [3.63, 3.8) is 0 Å². The Morgan fingerprint density at radius 1 is 1.16 bits per heavy atom. The van der Waals surface area contributed by atoms with Gasteiger partial charge in [-0.2, -0.15) is 0 Å². The van der Waals surface area contributed by atoms with Crippen LogP contribution in [0.4, 0.5) is 5.95 Å². The molecule has 1 aromatic rings. The van der Waals surface area contributed by atoms with Crippen molar-refractivity contribution in [3.05, 3.63) is 17.5 Å². The molecule has 3 heterocycles. The van der Waals surface area contributed by atoms with Crippen LogP contribution in [0.3, 0.4) is 0 Å². The number of carbonyl (C=O) groups excluding carboxylic acids is 1. The molecule has 5 aliphatic carbocycles. The highest BCUT2D eigenvalue weighted by atomic mass is 32.2. The highest BCUT2D eigenvalue weighted by Crippen LogP contribution is 2.55. The number of hydrogen-bond acceptors (Lipinski definition) is 7.